The summed E-state index contributed by atoms with van der Waals surface area (Å²) in [7, 11) is 0. The van der Waals surface area contributed by atoms with Gasteiger partial charge in [-0.3, -0.25) is 0 Å². The lowest BCUT2D eigenvalue weighted by Gasteiger charge is -2.14. The van der Waals surface area contributed by atoms with Gasteiger partial charge in [0.15, 0.2) is 0 Å². The zero-order valence-electron chi connectivity index (χ0n) is 11.7. The number of hydrogen-bond acceptors (Lipinski definition) is 2. The van der Waals surface area contributed by atoms with Crippen LogP contribution in [0.2, 0.25) is 0 Å². The highest BCUT2D eigenvalue weighted by Gasteiger charge is 2.14. The summed E-state index contributed by atoms with van der Waals surface area (Å²) in [5, 5.41) is 9.25. The molecule has 0 heterocycles. The van der Waals surface area contributed by atoms with Gasteiger partial charge in [0, 0.05) is 0 Å². The van der Waals surface area contributed by atoms with Crippen LogP contribution >= 0.6 is 0 Å². The van der Waals surface area contributed by atoms with Gasteiger partial charge in [-0.15, -0.1) is 0 Å². The Morgan fingerprint density at radius 2 is 1.90 bits per heavy atom. The van der Waals surface area contributed by atoms with Crippen molar-refractivity contribution in [1.82, 2.24) is 0 Å². The van der Waals surface area contributed by atoms with Crippen molar-refractivity contribution in [2.75, 3.05) is 0 Å². The number of aromatic carboxylic acids is 1. The number of carboxylic acid groups (broad SMARTS) is 1. The first-order valence-electron chi connectivity index (χ1n) is 6.72. The van der Waals surface area contributed by atoms with Crippen molar-refractivity contribution in [2.24, 2.45) is 0 Å². The molecule has 1 atom stereocenters. The van der Waals surface area contributed by atoms with Crippen LogP contribution in [0.4, 0.5) is 0 Å². The predicted octanol–water partition coefficient (Wildman–Crippen LogP) is 4.69. The number of rotatable bonds is 5. The Labute approximate surface area is 118 Å². The van der Waals surface area contributed by atoms with Gasteiger partial charge < -0.3 is 9.84 Å². The molecule has 3 nitrogen and oxygen atoms in total. The fourth-order valence-electron chi connectivity index (χ4n) is 1.96. The third-order valence-electron chi connectivity index (χ3n) is 3.39. The molecule has 0 saturated carbocycles. The van der Waals surface area contributed by atoms with Crippen molar-refractivity contribution >= 4 is 5.97 Å². The van der Waals surface area contributed by atoms with Gasteiger partial charge in [-0.05, 0) is 42.2 Å². The fourth-order valence-corrected chi connectivity index (χ4v) is 1.96. The van der Waals surface area contributed by atoms with Gasteiger partial charge in [-0.25, -0.2) is 4.79 Å². The maximum Gasteiger partial charge on any atom is 0.339 e. The molecular formula is C17H18O3. The molecule has 0 saturated heterocycles. The number of carbonyl (C=O) groups is 1. The van der Waals surface area contributed by atoms with E-state index in [2.05, 4.69) is 13.8 Å². The van der Waals surface area contributed by atoms with Crippen LogP contribution in [0.25, 0.3) is 0 Å². The van der Waals surface area contributed by atoms with Crippen molar-refractivity contribution in [2.45, 2.75) is 26.2 Å². The minimum Gasteiger partial charge on any atom is -0.478 e. The molecule has 0 spiro atoms. The number of hydrogen-bond donors (Lipinski definition) is 1. The number of benzene rings is 2. The molecule has 20 heavy (non-hydrogen) atoms. The summed E-state index contributed by atoms with van der Waals surface area (Å²) >= 11 is 0. The lowest BCUT2D eigenvalue weighted by molar-refractivity contribution is 0.0694. The lowest BCUT2D eigenvalue weighted by Crippen LogP contribution is -2.02. The summed E-state index contributed by atoms with van der Waals surface area (Å²) in [5.74, 6) is 0.417. The first-order valence-corrected chi connectivity index (χ1v) is 6.72. The molecule has 0 aliphatic heterocycles. The summed E-state index contributed by atoms with van der Waals surface area (Å²) < 4.78 is 5.73. The van der Waals surface area contributed by atoms with Crippen LogP contribution in [0.3, 0.4) is 0 Å². The molecule has 0 bridgehead atoms. The summed E-state index contributed by atoms with van der Waals surface area (Å²) in [6.45, 7) is 4.22. The van der Waals surface area contributed by atoms with Crippen LogP contribution in [0, 0.1) is 0 Å². The van der Waals surface area contributed by atoms with E-state index < -0.39 is 5.97 Å². The summed E-state index contributed by atoms with van der Waals surface area (Å²) in [4.78, 5) is 11.3. The average molecular weight is 270 g/mol. The highest BCUT2D eigenvalue weighted by atomic mass is 16.5. The molecule has 0 aliphatic rings. The van der Waals surface area contributed by atoms with Gasteiger partial charge >= 0.3 is 5.97 Å². The van der Waals surface area contributed by atoms with Crippen LogP contribution < -0.4 is 4.74 Å². The van der Waals surface area contributed by atoms with Crippen molar-refractivity contribution in [3.63, 3.8) is 0 Å². The number of ether oxygens (including phenoxy) is 1. The molecule has 2 aromatic rings. The first kappa shape index (κ1) is 14.1. The average Bonchev–Trinajstić information content (AvgIpc) is 2.47. The molecule has 0 radical (unpaired) electrons. The Hall–Kier alpha value is -2.29. The second-order valence-electron chi connectivity index (χ2n) is 4.79. The van der Waals surface area contributed by atoms with Crippen LogP contribution in [-0.2, 0) is 0 Å². The highest BCUT2D eigenvalue weighted by Crippen LogP contribution is 2.30. The minimum absolute atomic E-state index is 0.181. The highest BCUT2D eigenvalue weighted by molar-refractivity contribution is 5.91. The van der Waals surface area contributed by atoms with E-state index in [0.29, 0.717) is 17.4 Å². The predicted molar refractivity (Wildman–Crippen MR) is 78.6 cm³/mol. The van der Waals surface area contributed by atoms with E-state index in [1.54, 1.807) is 6.07 Å². The topological polar surface area (TPSA) is 46.5 Å². The SMILES string of the molecule is CCC(C)c1ccc(C(=O)O)c(Oc2ccccc2)c1. The smallest absolute Gasteiger partial charge is 0.339 e. The van der Waals surface area contributed by atoms with Gasteiger partial charge in [0.05, 0.1) is 0 Å². The molecule has 1 N–H and O–H groups in total. The molecule has 0 fully saturated rings. The summed E-state index contributed by atoms with van der Waals surface area (Å²) in [6, 6.07) is 14.5. The van der Waals surface area contributed by atoms with Crippen LogP contribution in [0.15, 0.2) is 48.5 Å². The quantitative estimate of drug-likeness (QED) is 0.857. The zero-order valence-corrected chi connectivity index (χ0v) is 11.7. The van der Waals surface area contributed by atoms with E-state index in [1.165, 1.54) is 0 Å². The molecule has 0 amide bonds. The molecule has 2 rings (SSSR count). The van der Waals surface area contributed by atoms with Crippen LogP contribution in [0.5, 0.6) is 11.5 Å². The van der Waals surface area contributed by atoms with Gasteiger partial charge in [0.1, 0.15) is 17.1 Å². The van der Waals surface area contributed by atoms with Crippen molar-refractivity contribution in [1.29, 1.82) is 0 Å². The third kappa shape index (κ3) is 3.18. The summed E-state index contributed by atoms with van der Waals surface area (Å²) in [6.07, 6.45) is 0.997. The minimum atomic E-state index is -0.980. The van der Waals surface area contributed by atoms with Crippen molar-refractivity contribution < 1.29 is 14.6 Å². The molecule has 104 valence electrons. The Balaban J connectivity index is 2.39. The van der Waals surface area contributed by atoms with E-state index >= 15 is 0 Å². The third-order valence-corrected chi connectivity index (χ3v) is 3.39. The van der Waals surface area contributed by atoms with Gasteiger partial charge in [0.2, 0.25) is 0 Å². The maximum atomic E-state index is 11.3. The van der Waals surface area contributed by atoms with E-state index in [4.69, 9.17) is 4.74 Å². The van der Waals surface area contributed by atoms with Gasteiger partial charge in [-0.1, -0.05) is 38.1 Å². The second-order valence-corrected chi connectivity index (χ2v) is 4.79. The standard InChI is InChI=1S/C17H18O3/c1-3-12(2)13-9-10-15(17(18)19)16(11-13)20-14-7-5-4-6-8-14/h4-12H,3H2,1-2H3,(H,18,19). The maximum absolute atomic E-state index is 11.3. The number of carboxylic acids is 1. The van der Waals surface area contributed by atoms with Crippen molar-refractivity contribution in [3.05, 3.63) is 59.7 Å². The van der Waals surface area contributed by atoms with E-state index in [0.717, 1.165) is 12.0 Å². The van der Waals surface area contributed by atoms with Crippen LogP contribution in [-0.4, -0.2) is 11.1 Å². The molecule has 3 heteroatoms. The Morgan fingerprint density at radius 3 is 2.50 bits per heavy atom. The Kier molecular flexibility index (Phi) is 4.41. The normalized spacial score (nSPS) is 11.9. The summed E-state index contributed by atoms with van der Waals surface area (Å²) in [5.41, 5.74) is 1.27. The van der Waals surface area contributed by atoms with Gasteiger partial charge in [-0.2, -0.15) is 0 Å². The second kappa shape index (κ2) is 6.24. The Bertz CT molecular complexity index is 590. The Morgan fingerprint density at radius 1 is 1.20 bits per heavy atom. The molecular weight excluding hydrogens is 252 g/mol. The monoisotopic (exact) mass is 270 g/mol. The number of para-hydroxylation sites is 1. The van der Waals surface area contributed by atoms with E-state index in [-0.39, 0.29) is 5.56 Å². The van der Waals surface area contributed by atoms with Crippen molar-refractivity contribution in [3.8, 4) is 11.5 Å². The molecule has 1 unspecified atom stereocenters. The van der Waals surface area contributed by atoms with Gasteiger partial charge in [0.25, 0.3) is 0 Å². The molecule has 0 aliphatic carbocycles. The fraction of sp³-hybridized carbons (Fsp3) is 0.235. The molecule has 0 aromatic heterocycles. The lowest BCUT2D eigenvalue weighted by atomic mass is 9.97. The largest absolute Gasteiger partial charge is 0.478 e. The zero-order chi connectivity index (χ0) is 14.5. The van der Waals surface area contributed by atoms with Crippen LogP contribution in [0.1, 0.15) is 42.1 Å². The molecule has 2 aromatic carbocycles. The van der Waals surface area contributed by atoms with E-state index in [9.17, 15) is 9.90 Å². The first-order chi connectivity index (χ1) is 9.61. The van der Waals surface area contributed by atoms with E-state index in [1.807, 2.05) is 42.5 Å².